The third-order valence-electron chi connectivity index (χ3n) is 5.16. The van der Waals surface area contributed by atoms with E-state index in [1.54, 1.807) is 7.11 Å². The van der Waals surface area contributed by atoms with Crippen LogP contribution in [0.25, 0.3) is 0 Å². The number of hydrogen-bond donors (Lipinski definition) is 3. The van der Waals surface area contributed by atoms with Crippen molar-refractivity contribution < 1.29 is 24.2 Å². The smallest absolute Gasteiger partial charge is 0.303 e. The van der Waals surface area contributed by atoms with E-state index in [1.165, 1.54) is 0 Å². The Balaban J connectivity index is 4.68. The quantitative estimate of drug-likeness (QED) is 0.356. The first-order valence-electron chi connectivity index (χ1n) is 10.6. The highest BCUT2D eigenvalue weighted by molar-refractivity contribution is 5.92. The Morgan fingerprint density at radius 1 is 1.00 bits per heavy atom. The number of hydrogen-bond acceptors (Lipinski definition) is 6. The molecule has 0 aliphatic heterocycles. The zero-order valence-electron chi connectivity index (χ0n) is 20.0. The van der Waals surface area contributed by atoms with Crippen molar-refractivity contribution in [1.29, 1.82) is 0 Å². The number of rotatable bonds is 16. The molecule has 0 saturated heterocycles. The molecule has 7 heteroatoms. The first-order chi connectivity index (χ1) is 13.1. The highest BCUT2D eigenvalue weighted by Crippen LogP contribution is 2.19. The fourth-order valence-electron chi connectivity index (χ4n) is 2.91. The van der Waals surface area contributed by atoms with Gasteiger partial charge in [-0.3, -0.25) is 9.59 Å². The number of Topliss-reactive ketones (excluding diaryl/α,β-unsaturated/α-hetero) is 1. The molecular weight excluding hydrogens is 372 g/mol. The summed E-state index contributed by atoms with van der Waals surface area (Å²) in [4.78, 5) is 24.0. The van der Waals surface area contributed by atoms with Crippen LogP contribution in [0.4, 0.5) is 0 Å². The highest BCUT2D eigenvalue weighted by atomic mass is 16.5. The highest BCUT2D eigenvalue weighted by Gasteiger charge is 2.34. The number of aliphatic carboxylic acids is 1. The lowest BCUT2D eigenvalue weighted by atomic mass is 9.90. The van der Waals surface area contributed by atoms with Gasteiger partial charge in [0.1, 0.15) is 0 Å². The first kappa shape index (κ1) is 28.0. The Morgan fingerprint density at radius 3 is 2.07 bits per heavy atom. The third kappa shape index (κ3) is 12.3. The van der Waals surface area contributed by atoms with E-state index < -0.39 is 17.6 Å². The van der Waals surface area contributed by atoms with Crippen molar-refractivity contribution in [3.8, 4) is 0 Å². The number of carbonyl (C=O) groups excluding carboxylic acids is 1. The Morgan fingerprint density at radius 2 is 1.59 bits per heavy atom. The van der Waals surface area contributed by atoms with Crippen molar-refractivity contribution >= 4 is 11.8 Å². The van der Waals surface area contributed by atoms with Gasteiger partial charge in [-0.2, -0.15) is 0 Å². The van der Waals surface area contributed by atoms with Crippen molar-refractivity contribution in [3.05, 3.63) is 0 Å². The Bertz CT molecular complexity index is 515. The van der Waals surface area contributed by atoms with Gasteiger partial charge in [-0.1, -0.05) is 13.8 Å². The molecule has 29 heavy (non-hydrogen) atoms. The van der Waals surface area contributed by atoms with Crippen LogP contribution in [0.2, 0.25) is 0 Å². The maximum absolute atomic E-state index is 13.0. The number of carbonyl (C=O) groups is 2. The predicted octanol–water partition coefficient (Wildman–Crippen LogP) is 3.16. The maximum atomic E-state index is 13.0. The summed E-state index contributed by atoms with van der Waals surface area (Å²) in [5.41, 5.74) is -1.30. The summed E-state index contributed by atoms with van der Waals surface area (Å²) in [7, 11) is 1.70. The molecule has 0 aliphatic rings. The van der Waals surface area contributed by atoms with E-state index in [2.05, 4.69) is 10.6 Å². The fourth-order valence-corrected chi connectivity index (χ4v) is 2.91. The van der Waals surface area contributed by atoms with Gasteiger partial charge in [0.05, 0.1) is 29.4 Å². The molecule has 1 unspecified atom stereocenters. The van der Waals surface area contributed by atoms with Gasteiger partial charge in [-0.05, 0) is 67.3 Å². The van der Waals surface area contributed by atoms with Crippen LogP contribution < -0.4 is 10.6 Å². The van der Waals surface area contributed by atoms with E-state index in [0.29, 0.717) is 13.2 Å². The molecule has 0 aromatic heterocycles. The van der Waals surface area contributed by atoms with Crippen LogP contribution >= 0.6 is 0 Å². The van der Waals surface area contributed by atoms with Crippen molar-refractivity contribution in [2.45, 2.75) is 110 Å². The van der Waals surface area contributed by atoms with Crippen LogP contribution in [0, 0.1) is 0 Å². The van der Waals surface area contributed by atoms with Crippen LogP contribution in [0.5, 0.6) is 0 Å². The molecule has 0 spiro atoms. The number of methoxy groups -OCH3 is 1. The van der Waals surface area contributed by atoms with Crippen molar-refractivity contribution in [1.82, 2.24) is 10.6 Å². The molecule has 0 amide bonds. The van der Waals surface area contributed by atoms with Crippen LogP contribution in [0.3, 0.4) is 0 Å². The van der Waals surface area contributed by atoms with Crippen molar-refractivity contribution in [2.24, 2.45) is 0 Å². The maximum Gasteiger partial charge on any atom is 0.303 e. The molecule has 0 fully saturated rings. The monoisotopic (exact) mass is 416 g/mol. The zero-order valence-corrected chi connectivity index (χ0v) is 20.0. The number of carboxylic acids is 1. The zero-order chi connectivity index (χ0) is 22.9. The van der Waals surface area contributed by atoms with Gasteiger partial charge in [-0.25, -0.2) is 0 Å². The Hall–Kier alpha value is -1.02. The second-order valence-corrected chi connectivity index (χ2v) is 9.79. The number of ketones is 1. The SMILES string of the molecule is COC(C)(C)CCOC(C)(C)CCNC(C)(C)C(=O)C(CCC(=O)O)NC(C)C. The summed E-state index contributed by atoms with van der Waals surface area (Å²) in [6, 6.07) is -0.397. The Labute approximate surface area is 177 Å². The molecule has 1 atom stereocenters. The number of ether oxygens (including phenoxy) is 2. The van der Waals surface area contributed by atoms with Gasteiger partial charge in [0.15, 0.2) is 5.78 Å². The fraction of sp³-hybridized carbons (Fsp3) is 0.909. The van der Waals surface area contributed by atoms with E-state index >= 15 is 0 Å². The molecule has 0 heterocycles. The topological polar surface area (TPSA) is 96.9 Å². The summed E-state index contributed by atoms with van der Waals surface area (Å²) in [6.45, 7) is 17.0. The molecule has 7 nitrogen and oxygen atoms in total. The summed E-state index contributed by atoms with van der Waals surface area (Å²) in [5.74, 6) is -0.914. The molecule has 0 aromatic rings. The summed E-state index contributed by atoms with van der Waals surface area (Å²) >= 11 is 0. The van der Waals surface area contributed by atoms with E-state index in [9.17, 15) is 9.59 Å². The largest absolute Gasteiger partial charge is 0.481 e. The van der Waals surface area contributed by atoms with Gasteiger partial charge in [-0.15, -0.1) is 0 Å². The van der Waals surface area contributed by atoms with Crippen LogP contribution in [0.15, 0.2) is 0 Å². The van der Waals surface area contributed by atoms with Gasteiger partial charge < -0.3 is 25.2 Å². The predicted molar refractivity (Wildman–Crippen MR) is 116 cm³/mol. The van der Waals surface area contributed by atoms with E-state index in [0.717, 1.165) is 12.8 Å². The minimum Gasteiger partial charge on any atom is -0.481 e. The van der Waals surface area contributed by atoms with Crippen molar-refractivity contribution in [3.63, 3.8) is 0 Å². The summed E-state index contributed by atoms with van der Waals surface area (Å²) < 4.78 is 11.4. The molecular formula is C22H44N2O5. The molecule has 0 aliphatic carbocycles. The molecule has 0 saturated carbocycles. The lowest BCUT2D eigenvalue weighted by molar-refractivity contribution is -0.137. The van der Waals surface area contributed by atoms with Gasteiger partial charge in [0, 0.05) is 19.6 Å². The normalized spacial score (nSPS) is 14.3. The van der Waals surface area contributed by atoms with Crippen LogP contribution in [-0.4, -0.2) is 65.9 Å². The van der Waals surface area contributed by atoms with Crippen LogP contribution in [0.1, 0.15) is 81.1 Å². The molecule has 0 bridgehead atoms. The first-order valence-corrected chi connectivity index (χ1v) is 10.6. The second-order valence-electron chi connectivity index (χ2n) is 9.79. The average Bonchev–Trinajstić information content (AvgIpc) is 2.56. The minimum atomic E-state index is -0.894. The third-order valence-corrected chi connectivity index (χ3v) is 5.16. The lowest BCUT2D eigenvalue weighted by Gasteiger charge is -2.33. The van der Waals surface area contributed by atoms with Gasteiger partial charge in [0.2, 0.25) is 0 Å². The minimum absolute atomic E-state index is 0.0204. The van der Waals surface area contributed by atoms with E-state index in [4.69, 9.17) is 14.6 Å². The molecule has 0 rings (SSSR count). The molecule has 172 valence electrons. The summed E-state index contributed by atoms with van der Waals surface area (Å²) in [5, 5.41) is 15.5. The van der Waals surface area contributed by atoms with E-state index in [1.807, 2.05) is 55.4 Å². The second kappa shape index (κ2) is 12.0. The van der Waals surface area contributed by atoms with Gasteiger partial charge >= 0.3 is 5.97 Å². The van der Waals surface area contributed by atoms with E-state index in [-0.39, 0.29) is 35.9 Å². The van der Waals surface area contributed by atoms with Crippen LogP contribution in [-0.2, 0) is 19.1 Å². The number of carboxylic acid groups (broad SMARTS) is 1. The number of nitrogens with one attached hydrogen (secondary N) is 2. The molecule has 0 radical (unpaired) electrons. The Kier molecular flexibility index (Phi) is 11.6. The van der Waals surface area contributed by atoms with Crippen molar-refractivity contribution in [2.75, 3.05) is 20.3 Å². The average molecular weight is 417 g/mol. The standard InChI is InChI=1S/C22H44N2O5/c1-16(2)24-17(10-11-18(25)26)19(27)22(7,8)23-14-12-21(5,6)29-15-13-20(3,4)28-9/h16-17,23-24H,10-15H2,1-9H3,(H,25,26). The lowest BCUT2D eigenvalue weighted by Crippen LogP contribution is -2.56. The molecule has 3 N–H and O–H groups in total. The van der Waals surface area contributed by atoms with Gasteiger partial charge in [0.25, 0.3) is 0 Å². The summed E-state index contributed by atoms with van der Waals surface area (Å²) in [6.07, 6.45) is 1.79. The molecule has 0 aromatic carbocycles.